The van der Waals surface area contributed by atoms with Gasteiger partial charge in [-0.1, -0.05) is 13.0 Å². The van der Waals surface area contributed by atoms with Crippen LogP contribution in [0.4, 0.5) is 0 Å². The van der Waals surface area contributed by atoms with Crippen LogP contribution in [0.25, 0.3) is 10.9 Å². The van der Waals surface area contributed by atoms with Crippen molar-refractivity contribution >= 4 is 16.9 Å². The normalized spacial score (nSPS) is 10.8. The topological polar surface area (TPSA) is 76.2 Å². The Bertz CT molecular complexity index is 608. The molecule has 1 aromatic heterocycles. The number of nitrogens with two attached hydrogens (primary N) is 1. The van der Waals surface area contributed by atoms with E-state index >= 15 is 0 Å². The minimum absolute atomic E-state index is 0.326. The van der Waals surface area contributed by atoms with Crippen LogP contribution >= 0.6 is 0 Å². The van der Waals surface area contributed by atoms with Gasteiger partial charge in [0, 0.05) is 11.1 Å². The molecular weight excluding hydrogens is 240 g/mol. The molecule has 0 fully saturated rings. The summed E-state index contributed by atoms with van der Waals surface area (Å²) in [6, 6.07) is 7.47. The quantitative estimate of drug-likeness (QED) is 0.863. The van der Waals surface area contributed by atoms with E-state index < -0.39 is 5.97 Å². The fraction of sp³-hybridized carbons (Fsp3) is 0.333. The molecule has 2 rings (SSSR count). The summed E-state index contributed by atoms with van der Waals surface area (Å²) in [4.78, 5) is 15.9. The third-order valence-electron chi connectivity index (χ3n) is 3.20. The van der Waals surface area contributed by atoms with Crippen LogP contribution in [-0.2, 0) is 12.8 Å². The lowest BCUT2D eigenvalue weighted by molar-refractivity contribution is 0.0699. The van der Waals surface area contributed by atoms with E-state index in [9.17, 15) is 9.90 Å². The summed E-state index contributed by atoms with van der Waals surface area (Å²) in [6.07, 6.45) is 2.40. The van der Waals surface area contributed by atoms with Gasteiger partial charge in [-0.25, -0.2) is 4.79 Å². The number of nitrogens with zero attached hydrogens (tertiary/aromatic N) is 1. The number of aromatic nitrogens is 1. The van der Waals surface area contributed by atoms with E-state index in [1.165, 1.54) is 0 Å². The largest absolute Gasteiger partial charge is 0.478 e. The number of hydrogen-bond acceptors (Lipinski definition) is 3. The lowest BCUT2D eigenvalue weighted by atomic mass is 10.0. The van der Waals surface area contributed by atoms with Gasteiger partial charge in [-0.15, -0.1) is 0 Å². The molecular formula is C15H18N2O2. The Morgan fingerprint density at radius 1 is 1.37 bits per heavy atom. The maximum Gasteiger partial charge on any atom is 0.336 e. The molecule has 0 aliphatic carbocycles. The predicted molar refractivity (Wildman–Crippen MR) is 75.5 cm³/mol. The van der Waals surface area contributed by atoms with E-state index in [1.807, 2.05) is 25.1 Å². The first kappa shape index (κ1) is 13.5. The number of rotatable bonds is 5. The van der Waals surface area contributed by atoms with E-state index in [4.69, 9.17) is 5.73 Å². The second-order valence-corrected chi connectivity index (χ2v) is 4.56. The number of carbonyl (C=O) groups is 1. The average Bonchev–Trinajstić information content (AvgIpc) is 2.43. The second-order valence-electron chi connectivity index (χ2n) is 4.56. The standard InChI is InChI=1S/C15H18N2O2/c1-2-10-5-6-14-12(8-10)13(15(18)19)9-11(17-14)4-3-7-16/h5-6,8-9H,2-4,7,16H2,1H3,(H,18,19). The molecule has 4 nitrogen and oxygen atoms in total. The Morgan fingerprint density at radius 2 is 2.16 bits per heavy atom. The molecule has 0 saturated carbocycles. The van der Waals surface area contributed by atoms with E-state index in [0.29, 0.717) is 23.9 Å². The molecule has 0 radical (unpaired) electrons. The highest BCUT2D eigenvalue weighted by molar-refractivity contribution is 6.02. The lowest BCUT2D eigenvalue weighted by Gasteiger charge is -2.08. The molecule has 0 aliphatic heterocycles. The maximum atomic E-state index is 11.4. The van der Waals surface area contributed by atoms with Gasteiger partial charge < -0.3 is 10.8 Å². The molecule has 0 atom stereocenters. The van der Waals surface area contributed by atoms with Crippen LogP contribution in [-0.4, -0.2) is 22.6 Å². The number of pyridine rings is 1. The molecule has 4 heteroatoms. The Balaban J connectivity index is 2.58. The summed E-state index contributed by atoms with van der Waals surface area (Å²) in [5.41, 5.74) is 8.46. The minimum atomic E-state index is -0.908. The van der Waals surface area contributed by atoms with Gasteiger partial charge in [0.05, 0.1) is 11.1 Å². The van der Waals surface area contributed by atoms with Crippen molar-refractivity contribution in [2.24, 2.45) is 5.73 Å². The Kier molecular flexibility index (Phi) is 4.12. The monoisotopic (exact) mass is 258 g/mol. The van der Waals surface area contributed by atoms with Gasteiger partial charge >= 0.3 is 5.97 Å². The van der Waals surface area contributed by atoms with Crippen molar-refractivity contribution < 1.29 is 9.90 Å². The van der Waals surface area contributed by atoms with Crippen molar-refractivity contribution in [2.75, 3.05) is 6.54 Å². The Hall–Kier alpha value is -1.94. The van der Waals surface area contributed by atoms with Crippen molar-refractivity contribution in [3.63, 3.8) is 0 Å². The van der Waals surface area contributed by atoms with Crippen molar-refractivity contribution in [3.05, 3.63) is 41.1 Å². The van der Waals surface area contributed by atoms with E-state index in [0.717, 1.165) is 29.6 Å². The lowest BCUT2D eigenvalue weighted by Crippen LogP contribution is -2.05. The van der Waals surface area contributed by atoms with Crippen molar-refractivity contribution in [1.82, 2.24) is 4.98 Å². The molecule has 100 valence electrons. The van der Waals surface area contributed by atoms with Gasteiger partial charge in [0.15, 0.2) is 0 Å². The van der Waals surface area contributed by atoms with Crippen molar-refractivity contribution in [1.29, 1.82) is 0 Å². The number of hydrogen-bond donors (Lipinski definition) is 2. The number of benzene rings is 1. The van der Waals surface area contributed by atoms with Gasteiger partial charge in [-0.3, -0.25) is 4.98 Å². The van der Waals surface area contributed by atoms with E-state index in [2.05, 4.69) is 4.98 Å². The predicted octanol–water partition coefficient (Wildman–Crippen LogP) is 2.39. The summed E-state index contributed by atoms with van der Waals surface area (Å²) in [5.74, 6) is -0.908. The number of carboxylic acid groups (broad SMARTS) is 1. The van der Waals surface area contributed by atoms with Crippen LogP contribution in [0.5, 0.6) is 0 Å². The summed E-state index contributed by atoms with van der Waals surface area (Å²) >= 11 is 0. The van der Waals surface area contributed by atoms with Gasteiger partial charge in [0.2, 0.25) is 0 Å². The third-order valence-corrected chi connectivity index (χ3v) is 3.20. The Labute approximate surface area is 112 Å². The first-order valence-corrected chi connectivity index (χ1v) is 6.51. The van der Waals surface area contributed by atoms with Gasteiger partial charge in [0.25, 0.3) is 0 Å². The molecule has 1 aromatic carbocycles. The fourth-order valence-electron chi connectivity index (χ4n) is 2.14. The highest BCUT2D eigenvalue weighted by Gasteiger charge is 2.12. The highest BCUT2D eigenvalue weighted by Crippen LogP contribution is 2.21. The first-order chi connectivity index (χ1) is 9.15. The molecule has 0 bridgehead atoms. The van der Waals surface area contributed by atoms with Gasteiger partial charge in [-0.05, 0) is 49.6 Å². The highest BCUT2D eigenvalue weighted by atomic mass is 16.4. The zero-order valence-electron chi connectivity index (χ0n) is 11.0. The number of aromatic carboxylic acids is 1. The second kappa shape index (κ2) is 5.80. The summed E-state index contributed by atoms with van der Waals surface area (Å²) in [5, 5.41) is 10.1. The van der Waals surface area contributed by atoms with E-state index in [-0.39, 0.29) is 0 Å². The van der Waals surface area contributed by atoms with Crippen molar-refractivity contribution in [2.45, 2.75) is 26.2 Å². The van der Waals surface area contributed by atoms with Crippen LogP contribution in [0.2, 0.25) is 0 Å². The van der Waals surface area contributed by atoms with Crippen LogP contribution in [0.3, 0.4) is 0 Å². The van der Waals surface area contributed by atoms with Crippen LogP contribution in [0.1, 0.15) is 35.0 Å². The molecule has 1 heterocycles. The molecule has 3 N–H and O–H groups in total. The molecule has 0 spiro atoms. The fourth-order valence-corrected chi connectivity index (χ4v) is 2.14. The summed E-state index contributed by atoms with van der Waals surface area (Å²) in [6.45, 7) is 2.63. The molecule has 0 unspecified atom stereocenters. The SMILES string of the molecule is CCc1ccc2nc(CCCN)cc(C(=O)O)c2c1. The molecule has 0 saturated heterocycles. The summed E-state index contributed by atoms with van der Waals surface area (Å²) < 4.78 is 0. The average molecular weight is 258 g/mol. The molecule has 2 aromatic rings. The first-order valence-electron chi connectivity index (χ1n) is 6.51. The zero-order chi connectivity index (χ0) is 13.8. The number of aryl methyl sites for hydroxylation is 2. The molecule has 19 heavy (non-hydrogen) atoms. The van der Waals surface area contributed by atoms with Gasteiger partial charge in [0.1, 0.15) is 0 Å². The molecule has 0 aliphatic rings. The van der Waals surface area contributed by atoms with Crippen molar-refractivity contribution in [3.8, 4) is 0 Å². The number of carboxylic acids is 1. The maximum absolute atomic E-state index is 11.4. The Morgan fingerprint density at radius 3 is 2.79 bits per heavy atom. The third kappa shape index (κ3) is 2.90. The summed E-state index contributed by atoms with van der Waals surface area (Å²) in [7, 11) is 0. The minimum Gasteiger partial charge on any atom is -0.478 e. The molecule has 0 amide bonds. The van der Waals surface area contributed by atoms with Crippen LogP contribution in [0.15, 0.2) is 24.3 Å². The van der Waals surface area contributed by atoms with E-state index in [1.54, 1.807) is 6.07 Å². The number of fused-ring (bicyclic) bond motifs is 1. The van der Waals surface area contributed by atoms with Crippen LogP contribution < -0.4 is 5.73 Å². The van der Waals surface area contributed by atoms with Crippen LogP contribution in [0, 0.1) is 0 Å². The van der Waals surface area contributed by atoms with Gasteiger partial charge in [-0.2, -0.15) is 0 Å². The smallest absolute Gasteiger partial charge is 0.336 e. The zero-order valence-corrected chi connectivity index (χ0v) is 11.0.